The molecule has 0 radical (unpaired) electrons. The van der Waals surface area contributed by atoms with Crippen molar-refractivity contribution in [3.63, 3.8) is 0 Å². The first-order chi connectivity index (χ1) is 5.74. The van der Waals surface area contributed by atoms with Crippen molar-refractivity contribution in [1.29, 1.82) is 0 Å². The highest BCUT2D eigenvalue weighted by Crippen LogP contribution is 2.38. The lowest BCUT2D eigenvalue weighted by Gasteiger charge is -2.29. The van der Waals surface area contributed by atoms with Gasteiger partial charge in [-0.15, -0.1) is 0 Å². The van der Waals surface area contributed by atoms with Gasteiger partial charge in [0.25, 0.3) is 6.48 Å². The molecule has 0 aliphatic carbocycles. The summed E-state index contributed by atoms with van der Waals surface area (Å²) < 4.78 is 16.7. The Balaban J connectivity index is 2.60. The molecule has 0 aromatic heterocycles. The molecular formula is C10H20O3. The van der Waals surface area contributed by atoms with E-state index in [1.54, 1.807) is 0 Å². The summed E-state index contributed by atoms with van der Waals surface area (Å²) in [4.78, 5) is 0. The van der Waals surface area contributed by atoms with Crippen molar-refractivity contribution in [3.8, 4) is 0 Å². The molecule has 0 bridgehead atoms. The third-order valence-electron chi connectivity index (χ3n) is 2.61. The lowest BCUT2D eigenvalue weighted by molar-refractivity contribution is -0.267. The Morgan fingerprint density at radius 3 is 1.69 bits per heavy atom. The molecule has 13 heavy (non-hydrogen) atoms. The van der Waals surface area contributed by atoms with Crippen LogP contribution in [0.1, 0.15) is 41.5 Å². The van der Waals surface area contributed by atoms with Crippen LogP contribution in [0.3, 0.4) is 0 Å². The van der Waals surface area contributed by atoms with Crippen LogP contribution < -0.4 is 0 Å². The fourth-order valence-electron chi connectivity index (χ4n) is 1.07. The predicted molar refractivity (Wildman–Crippen MR) is 50.3 cm³/mol. The number of ether oxygens (including phenoxy) is 3. The van der Waals surface area contributed by atoms with Crippen molar-refractivity contribution in [2.24, 2.45) is 0 Å². The van der Waals surface area contributed by atoms with Crippen LogP contribution in [-0.2, 0) is 14.2 Å². The molecule has 0 saturated carbocycles. The van der Waals surface area contributed by atoms with E-state index in [0.717, 1.165) is 0 Å². The van der Waals surface area contributed by atoms with E-state index in [1.165, 1.54) is 0 Å². The molecular weight excluding hydrogens is 168 g/mol. The smallest absolute Gasteiger partial charge is 0.273 e. The van der Waals surface area contributed by atoms with Crippen molar-refractivity contribution in [2.45, 2.75) is 65.3 Å². The normalized spacial score (nSPS) is 27.0. The van der Waals surface area contributed by atoms with Gasteiger partial charge in [-0.25, -0.2) is 0 Å². The van der Waals surface area contributed by atoms with E-state index >= 15 is 0 Å². The van der Waals surface area contributed by atoms with Gasteiger partial charge in [-0.05, 0) is 41.5 Å². The maximum atomic E-state index is 5.63. The fraction of sp³-hybridized carbons (Fsp3) is 1.00. The van der Waals surface area contributed by atoms with Gasteiger partial charge in [-0.1, -0.05) is 0 Å². The van der Waals surface area contributed by atoms with E-state index in [0.29, 0.717) is 0 Å². The van der Waals surface area contributed by atoms with Gasteiger partial charge in [0, 0.05) is 0 Å². The topological polar surface area (TPSA) is 27.7 Å². The van der Waals surface area contributed by atoms with E-state index in [1.807, 2.05) is 41.5 Å². The van der Waals surface area contributed by atoms with Crippen LogP contribution in [0.5, 0.6) is 0 Å². The molecule has 0 aromatic rings. The zero-order valence-corrected chi connectivity index (χ0v) is 9.38. The lowest BCUT2D eigenvalue weighted by atomic mass is 9.90. The summed E-state index contributed by atoms with van der Waals surface area (Å²) >= 11 is 0. The Hall–Kier alpha value is -0.120. The Bertz CT molecular complexity index is 169. The van der Waals surface area contributed by atoms with Gasteiger partial charge in [0.2, 0.25) is 0 Å². The molecule has 1 aliphatic rings. The maximum absolute atomic E-state index is 5.63. The van der Waals surface area contributed by atoms with Gasteiger partial charge in [-0.2, -0.15) is 0 Å². The molecule has 78 valence electrons. The average Bonchev–Trinajstić information content (AvgIpc) is 1.98. The standard InChI is InChI=1S/C10H20O3/c1-7(2)11-8-12-9(3,4)10(5,6)13-8/h7-8H,1-6H3. The second kappa shape index (κ2) is 3.23. The molecule has 0 unspecified atom stereocenters. The summed E-state index contributed by atoms with van der Waals surface area (Å²) in [6.07, 6.45) is 0.120. The molecule has 1 aliphatic heterocycles. The monoisotopic (exact) mass is 188 g/mol. The molecule has 1 heterocycles. The summed E-state index contributed by atoms with van der Waals surface area (Å²) in [7, 11) is 0. The van der Waals surface area contributed by atoms with Gasteiger partial charge in [0.1, 0.15) is 0 Å². The van der Waals surface area contributed by atoms with Crippen LogP contribution in [0.15, 0.2) is 0 Å². The molecule has 1 saturated heterocycles. The van der Waals surface area contributed by atoms with Crippen LogP contribution >= 0.6 is 0 Å². The highest BCUT2D eigenvalue weighted by atomic mass is 16.9. The molecule has 0 aromatic carbocycles. The number of hydrogen-bond acceptors (Lipinski definition) is 3. The first-order valence-corrected chi connectivity index (χ1v) is 4.76. The average molecular weight is 188 g/mol. The van der Waals surface area contributed by atoms with E-state index in [2.05, 4.69) is 0 Å². The summed E-state index contributed by atoms with van der Waals surface area (Å²) in [6.45, 7) is 11.4. The quantitative estimate of drug-likeness (QED) is 0.665. The van der Waals surface area contributed by atoms with Crippen molar-refractivity contribution in [3.05, 3.63) is 0 Å². The first kappa shape index (κ1) is 11.0. The van der Waals surface area contributed by atoms with E-state index in [-0.39, 0.29) is 17.3 Å². The Morgan fingerprint density at radius 1 is 1.00 bits per heavy atom. The van der Waals surface area contributed by atoms with Gasteiger partial charge in [-0.3, -0.25) is 0 Å². The Labute approximate surface area is 80.4 Å². The third kappa shape index (κ3) is 2.22. The van der Waals surface area contributed by atoms with Crippen molar-refractivity contribution >= 4 is 0 Å². The Morgan fingerprint density at radius 2 is 1.38 bits per heavy atom. The van der Waals surface area contributed by atoms with E-state index < -0.39 is 6.48 Å². The molecule has 3 heteroatoms. The van der Waals surface area contributed by atoms with Crippen molar-refractivity contribution < 1.29 is 14.2 Å². The molecule has 3 nitrogen and oxygen atoms in total. The zero-order chi connectivity index (χ0) is 10.3. The van der Waals surface area contributed by atoms with Crippen molar-refractivity contribution in [2.75, 3.05) is 0 Å². The number of hydrogen-bond donors (Lipinski definition) is 0. The van der Waals surface area contributed by atoms with Crippen LogP contribution in [-0.4, -0.2) is 23.8 Å². The highest BCUT2D eigenvalue weighted by molar-refractivity contribution is 4.93. The first-order valence-electron chi connectivity index (χ1n) is 4.76. The number of rotatable bonds is 2. The Kier molecular flexibility index (Phi) is 2.72. The van der Waals surface area contributed by atoms with E-state index in [9.17, 15) is 0 Å². The SMILES string of the molecule is CC(C)OC1OC(C)(C)C(C)(C)O1. The minimum absolute atomic E-state index is 0.120. The molecule has 1 rings (SSSR count). The summed E-state index contributed by atoms with van der Waals surface area (Å²) in [5.74, 6) is 0. The fourth-order valence-corrected chi connectivity index (χ4v) is 1.07. The third-order valence-corrected chi connectivity index (χ3v) is 2.61. The van der Waals surface area contributed by atoms with Crippen molar-refractivity contribution in [1.82, 2.24) is 0 Å². The lowest BCUT2D eigenvalue weighted by Crippen LogP contribution is -2.41. The highest BCUT2D eigenvalue weighted by Gasteiger charge is 2.49. The molecule has 0 atom stereocenters. The molecule has 0 N–H and O–H groups in total. The minimum atomic E-state index is -0.523. The second-order valence-corrected chi connectivity index (χ2v) is 4.73. The van der Waals surface area contributed by atoms with Crippen LogP contribution in [0.25, 0.3) is 0 Å². The van der Waals surface area contributed by atoms with Gasteiger partial charge >= 0.3 is 0 Å². The summed E-state index contributed by atoms with van der Waals surface area (Å²) in [6, 6.07) is 0. The van der Waals surface area contributed by atoms with Gasteiger partial charge in [0.05, 0.1) is 17.3 Å². The summed E-state index contributed by atoms with van der Waals surface area (Å²) in [5, 5.41) is 0. The molecule has 0 spiro atoms. The van der Waals surface area contributed by atoms with Gasteiger partial charge in [0.15, 0.2) is 0 Å². The zero-order valence-electron chi connectivity index (χ0n) is 9.38. The predicted octanol–water partition coefficient (Wildman–Crippen LogP) is 2.30. The largest absolute Gasteiger partial charge is 0.327 e. The second-order valence-electron chi connectivity index (χ2n) is 4.73. The maximum Gasteiger partial charge on any atom is 0.273 e. The molecule has 1 fully saturated rings. The summed E-state index contributed by atoms with van der Waals surface area (Å²) in [5.41, 5.74) is -0.598. The molecule has 0 amide bonds. The van der Waals surface area contributed by atoms with E-state index in [4.69, 9.17) is 14.2 Å². The van der Waals surface area contributed by atoms with Crippen LogP contribution in [0, 0.1) is 0 Å². The van der Waals surface area contributed by atoms with Crippen LogP contribution in [0.2, 0.25) is 0 Å². The van der Waals surface area contributed by atoms with Crippen LogP contribution in [0.4, 0.5) is 0 Å². The minimum Gasteiger partial charge on any atom is -0.327 e. The van der Waals surface area contributed by atoms with Gasteiger partial charge < -0.3 is 14.2 Å².